The zero-order valence-corrected chi connectivity index (χ0v) is 16.9. The van der Waals surface area contributed by atoms with E-state index >= 15 is 0 Å². The average molecular weight is 383 g/mol. The smallest absolute Gasteiger partial charge is 0.322 e. The quantitative estimate of drug-likeness (QED) is 0.811. The molecule has 6 heteroatoms. The summed E-state index contributed by atoms with van der Waals surface area (Å²) in [7, 11) is 0. The van der Waals surface area contributed by atoms with E-state index in [0.29, 0.717) is 31.1 Å². The van der Waals surface area contributed by atoms with Crippen molar-refractivity contribution < 1.29 is 14.3 Å². The number of para-hydroxylation sites is 2. The first-order valence-corrected chi connectivity index (χ1v) is 9.86. The predicted octanol–water partition coefficient (Wildman–Crippen LogP) is 4.23. The number of nitrogens with zero attached hydrogens (tertiary/aromatic N) is 2. The van der Waals surface area contributed by atoms with E-state index < -0.39 is 0 Å². The molecule has 3 rings (SSSR count). The van der Waals surface area contributed by atoms with Crippen LogP contribution in [0, 0.1) is 0 Å². The summed E-state index contributed by atoms with van der Waals surface area (Å²) in [6.45, 7) is 9.52. The Kier molecular flexibility index (Phi) is 6.63. The van der Waals surface area contributed by atoms with Crippen LogP contribution in [0.4, 0.5) is 16.2 Å². The lowest BCUT2D eigenvalue weighted by atomic mass is 10.2. The lowest BCUT2D eigenvalue weighted by Crippen LogP contribution is -2.50. The molecule has 0 aliphatic carbocycles. The number of piperazine rings is 1. The van der Waals surface area contributed by atoms with E-state index in [2.05, 4.69) is 22.3 Å². The second-order valence-corrected chi connectivity index (χ2v) is 6.99. The molecule has 2 amide bonds. The highest BCUT2D eigenvalue weighted by molar-refractivity contribution is 5.91. The van der Waals surface area contributed by atoms with E-state index in [9.17, 15) is 4.79 Å². The van der Waals surface area contributed by atoms with Crippen molar-refractivity contribution >= 4 is 17.4 Å². The summed E-state index contributed by atoms with van der Waals surface area (Å²) in [6.07, 6.45) is 0.0516. The fourth-order valence-electron chi connectivity index (χ4n) is 3.21. The van der Waals surface area contributed by atoms with Gasteiger partial charge in [0.15, 0.2) is 0 Å². The number of hydrogen-bond donors (Lipinski definition) is 1. The number of amides is 2. The summed E-state index contributed by atoms with van der Waals surface area (Å²) in [5.41, 5.74) is 1.86. The highest BCUT2D eigenvalue weighted by Crippen LogP contribution is 2.26. The highest BCUT2D eigenvalue weighted by Gasteiger charge is 2.22. The predicted molar refractivity (Wildman–Crippen MR) is 113 cm³/mol. The van der Waals surface area contributed by atoms with Gasteiger partial charge >= 0.3 is 6.03 Å². The Labute approximate surface area is 167 Å². The molecular weight excluding hydrogens is 354 g/mol. The number of nitrogens with one attached hydrogen (secondary N) is 1. The molecule has 1 heterocycles. The molecule has 2 aromatic rings. The second-order valence-electron chi connectivity index (χ2n) is 6.99. The average Bonchev–Trinajstić information content (AvgIpc) is 2.70. The second kappa shape index (κ2) is 9.35. The van der Waals surface area contributed by atoms with Crippen LogP contribution < -0.4 is 19.7 Å². The van der Waals surface area contributed by atoms with Crippen molar-refractivity contribution in [3.8, 4) is 11.5 Å². The molecular formula is C22H29N3O3. The molecule has 0 bridgehead atoms. The van der Waals surface area contributed by atoms with Crippen LogP contribution in [-0.2, 0) is 0 Å². The van der Waals surface area contributed by atoms with Crippen molar-refractivity contribution in [3.05, 3.63) is 48.5 Å². The lowest BCUT2D eigenvalue weighted by molar-refractivity contribution is 0.207. The standard InChI is InChI=1S/C22H29N3O3/c1-4-27-19-11-9-18(10-12-19)24-13-15-25(16-14-24)22(26)23-20-7-5-6-8-21(20)28-17(2)3/h5-12,17H,4,13-16H2,1-3H3,(H,23,26). The number of rotatable bonds is 6. The van der Waals surface area contributed by atoms with Gasteiger partial charge in [-0.25, -0.2) is 4.79 Å². The van der Waals surface area contributed by atoms with Gasteiger partial charge in [-0.2, -0.15) is 0 Å². The lowest BCUT2D eigenvalue weighted by Gasteiger charge is -2.36. The largest absolute Gasteiger partial charge is 0.494 e. The molecule has 1 aliphatic rings. The minimum absolute atomic E-state index is 0.0516. The number of anilines is 2. The van der Waals surface area contributed by atoms with Crippen LogP contribution in [0.15, 0.2) is 48.5 Å². The molecule has 0 aromatic heterocycles. The molecule has 1 aliphatic heterocycles. The van der Waals surface area contributed by atoms with E-state index in [0.717, 1.165) is 24.5 Å². The van der Waals surface area contributed by atoms with E-state index in [1.807, 2.05) is 62.1 Å². The Morgan fingerprint density at radius 3 is 2.36 bits per heavy atom. The Morgan fingerprint density at radius 2 is 1.71 bits per heavy atom. The Hall–Kier alpha value is -2.89. The van der Waals surface area contributed by atoms with Gasteiger partial charge in [0.1, 0.15) is 11.5 Å². The van der Waals surface area contributed by atoms with Crippen LogP contribution >= 0.6 is 0 Å². The van der Waals surface area contributed by atoms with Crippen molar-refractivity contribution in [2.24, 2.45) is 0 Å². The number of benzene rings is 2. The number of ether oxygens (including phenoxy) is 2. The van der Waals surface area contributed by atoms with Gasteiger partial charge in [0.05, 0.1) is 18.4 Å². The van der Waals surface area contributed by atoms with E-state index in [1.165, 1.54) is 0 Å². The van der Waals surface area contributed by atoms with Gasteiger partial charge in [-0.1, -0.05) is 12.1 Å². The summed E-state index contributed by atoms with van der Waals surface area (Å²) >= 11 is 0. The van der Waals surface area contributed by atoms with Crippen molar-refractivity contribution in [1.82, 2.24) is 4.90 Å². The van der Waals surface area contributed by atoms with Gasteiger partial charge < -0.3 is 24.6 Å². The number of urea groups is 1. The maximum atomic E-state index is 12.7. The van der Waals surface area contributed by atoms with E-state index in [-0.39, 0.29) is 12.1 Å². The van der Waals surface area contributed by atoms with Crippen molar-refractivity contribution in [1.29, 1.82) is 0 Å². The molecule has 28 heavy (non-hydrogen) atoms. The fraction of sp³-hybridized carbons (Fsp3) is 0.409. The maximum absolute atomic E-state index is 12.7. The maximum Gasteiger partial charge on any atom is 0.322 e. The first-order valence-electron chi connectivity index (χ1n) is 9.86. The molecule has 2 aromatic carbocycles. The van der Waals surface area contributed by atoms with Gasteiger partial charge in [0.2, 0.25) is 0 Å². The Morgan fingerprint density at radius 1 is 1.04 bits per heavy atom. The molecule has 0 saturated carbocycles. The molecule has 1 saturated heterocycles. The van der Waals surface area contributed by atoms with Crippen molar-refractivity contribution in [3.63, 3.8) is 0 Å². The third kappa shape index (κ3) is 5.09. The number of carbonyl (C=O) groups excluding carboxylic acids is 1. The van der Waals surface area contributed by atoms with Crippen LogP contribution in [-0.4, -0.2) is 49.8 Å². The van der Waals surface area contributed by atoms with Gasteiger partial charge in [0.25, 0.3) is 0 Å². The molecule has 1 fully saturated rings. The zero-order chi connectivity index (χ0) is 19.9. The summed E-state index contributed by atoms with van der Waals surface area (Å²) in [5.74, 6) is 1.57. The number of carbonyl (C=O) groups is 1. The fourth-order valence-corrected chi connectivity index (χ4v) is 3.21. The normalized spacial score (nSPS) is 14.1. The molecule has 0 atom stereocenters. The van der Waals surface area contributed by atoms with Gasteiger partial charge in [-0.05, 0) is 57.2 Å². The minimum atomic E-state index is -0.0915. The van der Waals surface area contributed by atoms with E-state index in [4.69, 9.17) is 9.47 Å². The summed E-state index contributed by atoms with van der Waals surface area (Å²) < 4.78 is 11.3. The van der Waals surface area contributed by atoms with Crippen molar-refractivity contribution in [2.75, 3.05) is 43.0 Å². The van der Waals surface area contributed by atoms with Gasteiger partial charge in [0, 0.05) is 31.9 Å². The molecule has 6 nitrogen and oxygen atoms in total. The Bertz CT molecular complexity index is 769. The van der Waals surface area contributed by atoms with Crippen LogP contribution in [0.3, 0.4) is 0 Å². The summed E-state index contributed by atoms with van der Waals surface area (Å²) in [5, 5.41) is 2.99. The number of hydrogen-bond acceptors (Lipinski definition) is 4. The topological polar surface area (TPSA) is 54.0 Å². The molecule has 0 spiro atoms. The molecule has 1 N–H and O–H groups in total. The third-order valence-electron chi connectivity index (χ3n) is 4.57. The molecule has 0 unspecified atom stereocenters. The first kappa shape index (κ1) is 19.9. The first-order chi connectivity index (χ1) is 13.6. The summed E-state index contributed by atoms with van der Waals surface area (Å²) in [4.78, 5) is 16.8. The van der Waals surface area contributed by atoms with E-state index in [1.54, 1.807) is 0 Å². The third-order valence-corrected chi connectivity index (χ3v) is 4.57. The minimum Gasteiger partial charge on any atom is -0.494 e. The van der Waals surface area contributed by atoms with Crippen LogP contribution in [0.5, 0.6) is 11.5 Å². The van der Waals surface area contributed by atoms with Gasteiger partial charge in [-0.3, -0.25) is 0 Å². The van der Waals surface area contributed by atoms with Crippen LogP contribution in [0.25, 0.3) is 0 Å². The van der Waals surface area contributed by atoms with Crippen molar-refractivity contribution in [2.45, 2.75) is 26.9 Å². The SMILES string of the molecule is CCOc1ccc(N2CCN(C(=O)Nc3ccccc3OC(C)C)CC2)cc1. The van der Waals surface area contributed by atoms with Crippen LogP contribution in [0.2, 0.25) is 0 Å². The zero-order valence-electron chi connectivity index (χ0n) is 16.9. The monoisotopic (exact) mass is 383 g/mol. The highest BCUT2D eigenvalue weighted by atomic mass is 16.5. The van der Waals surface area contributed by atoms with Gasteiger partial charge in [-0.15, -0.1) is 0 Å². The summed E-state index contributed by atoms with van der Waals surface area (Å²) in [6, 6.07) is 15.6. The molecule has 150 valence electrons. The van der Waals surface area contributed by atoms with Crippen LogP contribution in [0.1, 0.15) is 20.8 Å². The Balaban J connectivity index is 1.55. The molecule has 0 radical (unpaired) electrons.